The lowest BCUT2D eigenvalue weighted by molar-refractivity contribution is -0.208. The summed E-state index contributed by atoms with van der Waals surface area (Å²) in [7, 11) is 1.43. The number of aromatic nitrogens is 2. The zero-order chi connectivity index (χ0) is 27.6. The van der Waals surface area contributed by atoms with E-state index in [1.54, 1.807) is 20.8 Å². The van der Waals surface area contributed by atoms with Crippen LogP contribution in [0.1, 0.15) is 50.3 Å². The molecule has 0 aliphatic carbocycles. The number of hydrogen-bond donors (Lipinski definition) is 2. The van der Waals surface area contributed by atoms with E-state index in [9.17, 15) is 27.2 Å². The number of nitrogens with one attached hydrogen (secondary N) is 2. The molecule has 2 aromatic heterocycles. The molecular weight excluding hydrogens is 502 g/mol. The molecule has 1 aliphatic heterocycles. The Labute approximate surface area is 209 Å². The molecule has 2 atom stereocenters. The number of amides is 2. The van der Waals surface area contributed by atoms with Gasteiger partial charge in [-0.05, 0) is 52.0 Å². The van der Waals surface area contributed by atoms with Crippen molar-refractivity contribution in [2.24, 2.45) is 4.99 Å². The smallest absolute Gasteiger partial charge is 0.425 e. The predicted molar refractivity (Wildman–Crippen MR) is 123 cm³/mol. The van der Waals surface area contributed by atoms with Gasteiger partial charge in [-0.2, -0.15) is 13.2 Å². The standard InChI is InChI=1S/C23H25F4N5O5/c1-21(2,3)37-20(34)31-19-32-22(4,10-15(36-19)23(25,26)27)17-13(24)7-9-16(29-17)30-18(33)14-8-6-12(35-5)11-28-14/h6-9,11,15H,10H2,1-5H3,(H,29,30,33)(H,31,32,34)/t15-,22-/m0/s1. The van der Waals surface area contributed by atoms with Gasteiger partial charge in [0.25, 0.3) is 11.9 Å². The number of alkyl carbamates (subject to hydrolysis) is 1. The Kier molecular flexibility index (Phi) is 7.60. The van der Waals surface area contributed by atoms with Crippen molar-refractivity contribution in [3.63, 3.8) is 0 Å². The normalized spacial score (nSPS) is 19.8. The number of anilines is 1. The molecule has 0 bridgehead atoms. The second-order valence-electron chi connectivity index (χ2n) is 9.23. The first-order chi connectivity index (χ1) is 17.1. The van der Waals surface area contributed by atoms with Gasteiger partial charge in [0, 0.05) is 6.42 Å². The summed E-state index contributed by atoms with van der Waals surface area (Å²) >= 11 is 0. The number of carbonyl (C=O) groups excluding carboxylic acids is 2. The summed E-state index contributed by atoms with van der Waals surface area (Å²) in [6.45, 7) is 5.87. The highest BCUT2D eigenvalue weighted by Gasteiger charge is 2.51. The Balaban J connectivity index is 1.93. The van der Waals surface area contributed by atoms with Crippen LogP contribution in [0.5, 0.6) is 5.75 Å². The van der Waals surface area contributed by atoms with Crippen LogP contribution in [0.3, 0.4) is 0 Å². The number of nitrogens with zero attached hydrogens (tertiary/aromatic N) is 3. The first-order valence-corrected chi connectivity index (χ1v) is 10.9. The third kappa shape index (κ3) is 7.05. The van der Waals surface area contributed by atoms with E-state index >= 15 is 0 Å². The highest BCUT2D eigenvalue weighted by Crippen LogP contribution is 2.40. The molecular formula is C23H25F4N5O5. The van der Waals surface area contributed by atoms with E-state index < -0.39 is 59.4 Å². The van der Waals surface area contributed by atoms with Crippen molar-refractivity contribution in [3.05, 3.63) is 47.7 Å². The van der Waals surface area contributed by atoms with Crippen LogP contribution < -0.4 is 15.4 Å². The van der Waals surface area contributed by atoms with E-state index in [0.29, 0.717) is 5.75 Å². The highest BCUT2D eigenvalue weighted by atomic mass is 19.4. The summed E-state index contributed by atoms with van der Waals surface area (Å²) in [4.78, 5) is 36.6. The van der Waals surface area contributed by atoms with Crippen molar-refractivity contribution in [2.75, 3.05) is 12.4 Å². The van der Waals surface area contributed by atoms with Crippen LogP contribution in [0.15, 0.2) is 35.5 Å². The van der Waals surface area contributed by atoms with E-state index in [-0.39, 0.29) is 11.5 Å². The quantitative estimate of drug-likeness (QED) is 0.568. The summed E-state index contributed by atoms with van der Waals surface area (Å²) in [5, 5.41) is 4.45. The van der Waals surface area contributed by atoms with Crippen LogP contribution in [-0.4, -0.2) is 53.0 Å². The molecule has 0 saturated heterocycles. The Bertz CT molecular complexity index is 1200. The maximum absolute atomic E-state index is 14.9. The minimum atomic E-state index is -4.87. The fraction of sp³-hybridized carbons (Fsp3) is 0.435. The minimum Gasteiger partial charge on any atom is -0.495 e. The number of amidine groups is 1. The maximum atomic E-state index is 14.9. The fourth-order valence-corrected chi connectivity index (χ4v) is 3.32. The van der Waals surface area contributed by atoms with Gasteiger partial charge < -0.3 is 19.5 Å². The van der Waals surface area contributed by atoms with E-state index in [4.69, 9.17) is 14.2 Å². The zero-order valence-electron chi connectivity index (χ0n) is 20.6. The van der Waals surface area contributed by atoms with Gasteiger partial charge in [0.15, 0.2) is 6.10 Å². The topological polar surface area (TPSA) is 124 Å². The number of aliphatic imine (C=N–C) groups is 1. The summed E-state index contributed by atoms with van der Waals surface area (Å²) < 4.78 is 70.7. The Morgan fingerprint density at radius 2 is 1.84 bits per heavy atom. The van der Waals surface area contributed by atoms with Crippen molar-refractivity contribution in [1.29, 1.82) is 0 Å². The summed E-state index contributed by atoms with van der Waals surface area (Å²) in [5.41, 5.74) is -3.41. The molecule has 200 valence electrons. The van der Waals surface area contributed by atoms with Gasteiger partial charge >= 0.3 is 12.3 Å². The van der Waals surface area contributed by atoms with Crippen LogP contribution in [0.4, 0.5) is 28.2 Å². The zero-order valence-corrected chi connectivity index (χ0v) is 20.6. The van der Waals surface area contributed by atoms with Gasteiger partial charge in [-0.25, -0.2) is 29.5 Å². The molecule has 3 rings (SSSR count). The van der Waals surface area contributed by atoms with Gasteiger partial charge in [0.1, 0.15) is 39.9 Å². The van der Waals surface area contributed by atoms with E-state index in [0.717, 1.165) is 12.1 Å². The largest absolute Gasteiger partial charge is 0.495 e. The molecule has 37 heavy (non-hydrogen) atoms. The van der Waals surface area contributed by atoms with E-state index in [1.165, 1.54) is 32.4 Å². The number of rotatable bonds is 4. The Morgan fingerprint density at radius 3 is 2.41 bits per heavy atom. The maximum Gasteiger partial charge on any atom is 0.425 e. The van der Waals surface area contributed by atoms with Gasteiger partial charge in [-0.3, -0.25) is 4.79 Å². The highest BCUT2D eigenvalue weighted by molar-refractivity contribution is 6.02. The van der Waals surface area contributed by atoms with Crippen molar-refractivity contribution in [3.8, 4) is 5.75 Å². The van der Waals surface area contributed by atoms with Crippen molar-refractivity contribution in [2.45, 2.75) is 57.5 Å². The second-order valence-corrected chi connectivity index (χ2v) is 9.23. The van der Waals surface area contributed by atoms with Gasteiger partial charge in [-0.1, -0.05) is 0 Å². The third-order valence-corrected chi connectivity index (χ3v) is 4.96. The molecule has 2 amide bonds. The molecule has 1 aliphatic rings. The summed E-state index contributed by atoms with van der Waals surface area (Å²) in [6.07, 6.45) is -7.97. The average Bonchev–Trinajstić information content (AvgIpc) is 2.78. The molecule has 2 aromatic rings. The SMILES string of the molecule is COc1ccc(C(=O)Nc2ccc(F)c([C@]3(C)C[C@@H](C(F)(F)F)OC(NC(=O)OC(C)(C)C)=N3)n2)nc1. The molecule has 0 saturated carbocycles. The number of methoxy groups -OCH3 is 1. The minimum absolute atomic E-state index is 0.00948. The third-order valence-electron chi connectivity index (χ3n) is 4.96. The molecule has 14 heteroatoms. The average molecular weight is 527 g/mol. The Morgan fingerprint density at radius 1 is 1.14 bits per heavy atom. The summed E-state index contributed by atoms with van der Waals surface area (Å²) in [6, 6.07) is 4.13. The Hall–Kier alpha value is -3.97. The number of hydrogen-bond acceptors (Lipinski definition) is 8. The number of alkyl halides is 3. The molecule has 0 unspecified atom stereocenters. The summed E-state index contributed by atoms with van der Waals surface area (Å²) in [5.74, 6) is -1.42. The van der Waals surface area contributed by atoms with Crippen LogP contribution >= 0.6 is 0 Å². The van der Waals surface area contributed by atoms with Gasteiger partial charge in [0.2, 0.25) is 0 Å². The van der Waals surface area contributed by atoms with Gasteiger partial charge in [0.05, 0.1) is 13.3 Å². The molecule has 2 N–H and O–H groups in total. The molecule has 3 heterocycles. The number of carbonyl (C=O) groups is 2. The molecule has 0 radical (unpaired) electrons. The first-order valence-electron chi connectivity index (χ1n) is 10.9. The number of pyridine rings is 2. The first kappa shape index (κ1) is 27.6. The number of ether oxygens (including phenoxy) is 3. The van der Waals surface area contributed by atoms with Crippen molar-refractivity contribution in [1.82, 2.24) is 15.3 Å². The van der Waals surface area contributed by atoms with Gasteiger partial charge in [-0.15, -0.1) is 0 Å². The van der Waals surface area contributed by atoms with Crippen LogP contribution in [0.2, 0.25) is 0 Å². The fourth-order valence-electron chi connectivity index (χ4n) is 3.32. The van der Waals surface area contributed by atoms with Crippen LogP contribution in [0.25, 0.3) is 0 Å². The molecule has 0 aromatic carbocycles. The predicted octanol–water partition coefficient (Wildman–Crippen LogP) is 4.32. The molecule has 10 nitrogen and oxygen atoms in total. The molecule has 0 fully saturated rings. The van der Waals surface area contributed by atoms with Crippen LogP contribution in [0, 0.1) is 5.82 Å². The van der Waals surface area contributed by atoms with E-state index in [2.05, 4.69) is 20.3 Å². The lowest BCUT2D eigenvalue weighted by Crippen LogP contribution is -2.49. The monoisotopic (exact) mass is 527 g/mol. The lowest BCUT2D eigenvalue weighted by atomic mass is 9.89. The second kappa shape index (κ2) is 10.2. The van der Waals surface area contributed by atoms with E-state index in [1.807, 2.05) is 5.32 Å². The van der Waals surface area contributed by atoms with Crippen LogP contribution in [-0.2, 0) is 15.0 Å². The number of halogens is 4. The lowest BCUT2D eigenvalue weighted by Gasteiger charge is -2.36. The van der Waals surface area contributed by atoms with Crippen molar-refractivity contribution < 1.29 is 41.4 Å². The van der Waals surface area contributed by atoms with Crippen molar-refractivity contribution >= 4 is 23.8 Å². The molecule has 0 spiro atoms.